The Morgan fingerprint density at radius 1 is 1.11 bits per heavy atom. The summed E-state index contributed by atoms with van der Waals surface area (Å²) in [4.78, 5) is 0. The standard InChI is InChI=1S/C15H25N3/c1-2-3-7-12-18(15-8-5-4-6-9-15)17-13-10-16-11-14-17/h4-6,8-9,16H,2-3,7,10-14H2,1H3. The molecule has 1 aromatic carbocycles. The Kier molecular flexibility index (Phi) is 5.49. The Bertz CT molecular complexity index is 320. The molecule has 0 unspecified atom stereocenters. The van der Waals surface area contributed by atoms with E-state index in [4.69, 9.17) is 0 Å². The van der Waals surface area contributed by atoms with Crippen LogP contribution < -0.4 is 10.3 Å². The molecule has 1 heterocycles. The van der Waals surface area contributed by atoms with E-state index in [1.54, 1.807) is 0 Å². The topological polar surface area (TPSA) is 18.5 Å². The molecular formula is C15H25N3. The minimum Gasteiger partial charge on any atom is -0.314 e. The number of hydrogen-bond acceptors (Lipinski definition) is 3. The summed E-state index contributed by atoms with van der Waals surface area (Å²) in [7, 11) is 0. The predicted molar refractivity (Wildman–Crippen MR) is 77.8 cm³/mol. The van der Waals surface area contributed by atoms with Crippen LogP contribution in [0.1, 0.15) is 26.2 Å². The molecule has 0 bridgehead atoms. The fourth-order valence-corrected chi connectivity index (χ4v) is 2.44. The normalized spacial score (nSPS) is 16.7. The Hall–Kier alpha value is -1.06. The largest absolute Gasteiger partial charge is 0.314 e. The molecule has 1 aliphatic heterocycles. The highest BCUT2D eigenvalue weighted by Gasteiger charge is 2.17. The van der Waals surface area contributed by atoms with E-state index >= 15 is 0 Å². The van der Waals surface area contributed by atoms with E-state index in [0.29, 0.717) is 0 Å². The third-order valence-electron chi connectivity index (χ3n) is 3.46. The third kappa shape index (κ3) is 3.72. The van der Waals surface area contributed by atoms with Crippen molar-refractivity contribution in [2.45, 2.75) is 26.2 Å². The molecule has 0 spiro atoms. The molecule has 2 rings (SSSR count). The highest BCUT2D eigenvalue weighted by Crippen LogP contribution is 2.17. The van der Waals surface area contributed by atoms with Crippen LogP contribution in [0.3, 0.4) is 0 Å². The summed E-state index contributed by atoms with van der Waals surface area (Å²) in [6.45, 7) is 7.81. The van der Waals surface area contributed by atoms with Gasteiger partial charge in [0.25, 0.3) is 0 Å². The highest BCUT2D eigenvalue weighted by atomic mass is 15.6. The number of unbranched alkanes of at least 4 members (excludes halogenated alkanes) is 2. The van der Waals surface area contributed by atoms with Crippen molar-refractivity contribution in [1.82, 2.24) is 10.3 Å². The van der Waals surface area contributed by atoms with E-state index in [2.05, 4.69) is 52.6 Å². The van der Waals surface area contributed by atoms with Gasteiger partial charge in [0.2, 0.25) is 0 Å². The lowest BCUT2D eigenvalue weighted by Crippen LogP contribution is -2.53. The number of hydrogen-bond donors (Lipinski definition) is 1. The molecule has 18 heavy (non-hydrogen) atoms. The molecule has 1 fully saturated rings. The fraction of sp³-hybridized carbons (Fsp3) is 0.600. The van der Waals surface area contributed by atoms with Crippen LogP contribution in [0.5, 0.6) is 0 Å². The molecule has 1 N–H and O–H groups in total. The van der Waals surface area contributed by atoms with Gasteiger partial charge in [0.15, 0.2) is 0 Å². The van der Waals surface area contributed by atoms with Crippen molar-refractivity contribution >= 4 is 5.69 Å². The summed E-state index contributed by atoms with van der Waals surface area (Å²) in [5.41, 5.74) is 1.33. The van der Waals surface area contributed by atoms with E-state index in [9.17, 15) is 0 Å². The molecule has 1 saturated heterocycles. The van der Waals surface area contributed by atoms with Gasteiger partial charge < -0.3 is 10.3 Å². The first-order valence-corrected chi connectivity index (χ1v) is 7.20. The second kappa shape index (κ2) is 7.39. The van der Waals surface area contributed by atoms with Crippen LogP contribution in [0.2, 0.25) is 0 Å². The Balaban J connectivity index is 2.01. The lowest BCUT2D eigenvalue weighted by Gasteiger charge is -2.39. The summed E-state index contributed by atoms with van der Waals surface area (Å²) in [6.07, 6.45) is 3.87. The molecule has 0 saturated carbocycles. The van der Waals surface area contributed by atoms with Crippen molar-refractivity contribution in [3.8, 4) is 0 Å². The predicted octanol–water partition coefficient (Wildman–Crippen LogP) is 2.50. The van der Waals surface area contributed by atoms with Crippen LogP contribution >= 0.6 is 0 Å². The van der Waals surface area contributed by atoms with Crippen molar-refractivity contribution < 1.29 is 0 Å². The second-order valence-electron chi connectivity index (χ2n) is 4.87. The van der Waals surface area contributed by atoms with Crippen LogP contribution in [0.25, 0.3) is 0 Å². The zero-order valence-corrected chi connectivity index (χ0v) is 11.4. The van der Waals surface area contributed by atoms with Gasteiger partial charge in [-0.15, -0.1) is 0 Å². The molecule has 1 aliphatic rings. The van der Waals surface area contributed by atoms with Crippen molar-refractivity contribution in [2.24, 2.45) is 0 Å². The van der Waals surface area contributed by atoms with Gasteiger partial charge in [0, 0.05) is 32.7 Å². The molecule has 0 aliphatic carbocycles. The molecule has 0 amide bonds. The summed E-state index contributed by atoms with van der Waals surface area (Å²) in [5, 5.41) is 8.38. The van der Waals surface area contributed by atoms with Gasteiger partial charge in [0.05, 0.1) is 5.69 Å². The summed E-state index contributed by atoms with van der Waals surface area (Å²) >= 11 is 0. The van der Waals surface area contributed by atoms with Crippen LogP contribution in [-0.2, 0) is 0 Å². The molecule has 1 aromatic rings. The van der Waals surface area contributed by atoms with Crippen molar-refractivity contribution in [1.29, 1.82) is 0 Å². The zero-order chi connectivity index (χ0) is 12.6. The molecular weight excluding hydrogens is 222 g/mol. The first kappa shape index (κ1) is 13.4. The van der Waals surface area contributed by atoms with Crippen molar-refractivity contribution in [3.63, 3.8) is 0 Å². The van der Waals surface area contributed by atoms with Crippen LogP contribution in [-0.4, -0.2) is 37.7 Å². The minimum absolute atomic E-state index is 1.09. The monoisotopic (exact) mass is 247 g/mol. The number of rotatable bonds is 6. The average Bonchev–Trinajstić information content (AvgIpc) is 2.46. The first-order valence-electron chi connectivity index (χ1n) is 7.20. The van der Waals surface area contributed by atoms with Gasteiger partial charge in [0.1, 0.15) is 0 Å². The lowest BCUT2D eigenvalue weighted by atomic mass is 10.2. The quantitative estimate of drug-likeness (QED) is 0.779. The number of hydrazine groups is 1. The average molecular weight is 247 g/mol. The number of nitrogens with zero attached hydrogens (tertiary/aromatic N) is 2. The number of para-hydroxylation sites is 1. The third-order valence-corrected chi connectivity index (χ3v) is 3.46. The molecule has 100 valence electrons. The van der Waals surface area contributed by atoms with E-state index in [1.165, 1.54) is 24.9 Å². The second-order valence-corrected chi connectivity index (χ2v) is 4.87. The van der Waals surface area contributed by atoms with E-state index < -0.39 is 0 Å². The van der Waals surface area contributed by atoms with Gasteiger partial charge >= 0.3 is 0 Å². The van der Waals surface area contributed by atoms with E-state index in [-0.39, 0.29) is 0 Å². The maximum atomic E-state index is 3.42. The van der Waals surface area contributed by atoms with Crippen LogP contribution in [0.15, 0.2) is 30.3 Å². The van der Waals surface area contributed by atoms with E-state index in [1.807, 2.05) is 0 Å². The summed E-state index contributed by atoms with van der Waals surface area (Å²) in [6, 6.07) is 10.8. The molecule has 3 nitrogen and oxygen atoms in total. The maximum Gasteiger partial charge on any atom is 0.0522 e. The maximum absolute atomic E-state index is 3.42. The highest BCUT2D eigenvalue weighted by molar-refractivity contribution is 5.44. The first-order chi connectivity index (χ1) is 8.92. The Labute approximate surface area is 111 Å². The van der Waals surface area contributed by atoms with E-state index in [0.717, 1.165) is 32.7 Å². The van der Waals surface area contributed by atoms with Gasteiger partial charge in [-0.2, -0.15) is 0 Å². The lowest BCUT2D eigenvalue weighted by molar-refractivity contribution is 0.217. The minimum atomic E-state index is 1.09. The summed E-state index contributed by atoms with van der Waals surface area (Å²) < 4.78 is 0. The zero-order valence-electron chi connectivity index (χ0n) is 11.4. The number of benzene rings is 1. The SMILES string of the molecule is CCCCCN(c1ccccc1)N1CCNCC1. The summed E-state index contributed by atoms with van der Waals surface area (Å²) in [5.74, 6) is 0. The molecule has 3 heteroatoms. The number of nitrogens with one attached hydrogen (secondary N) is 1. The van der Waals surface area contributed by atoms with Crippen molar-refractivity contribution in [2.75, 3.05) is 37.7 Å². The van der Waals surface area contributed by atoms with Crippen molar-refractivity contribution in [3.05, 3.63) is 30.3 Å². The molecule has 0 radical (unpaired) electrons. The van der Waals surface area contributed by atoms with Gasteiger partial charge in [-0.3, -0.25) is 0 Å². The van der Waals surface area contributed by atoms with Gasteiger partial charge in [-0.25, -0.2) is 5.01 Å². The van der Waals surface area contributed by atoms with Gasteiger partial charge in [-0.05, 0) is 18.6 Å². The smallest absolute Gasteiger partial charge is 0.0522 e. The van der Waals surface area contributed by atoms with Crippen LogP contribution in [0.4, 0.5) is 5.69 Å². The number of piperazine rings is 1. The molecule has 0 aromatic heterocycles. The van der Waals surface area contributed by atoms with Gasteiger partial charge in [-0.1, -0.05) is 38.0 Å². The van der Waals surface area contributed by atoms with Crippen LogP contribution in [0, 0.1) is 0 Å². The number of anilines is 1. The molecule has 0 atom stereocenters. The Morgan fingerprint density at radius 3 is 2.50 bits per heavy atom. The fourth-order valence-electron chi connectivity index (χ4n) is 2.44. The Morgan fingerprint density at radius 2 is 1.83 bits per heavy atom.